The van der Waals surface area contributed by atoms with E-state index in [1.807, 2.05) is 54.0 Å². The third kappa shape index (κ3) is 5.80. The van der Waals surface area contributed by atoms with Gasteiger partial charge in [0.25, 0.3) is 0 Å². The Hall–Kier alpha value is -1.87. The van der Waals surface area contributed by atoms with Gasteiger partial charge >= 0.3 is 0 Å². The number of pyridine rings is 1. The summed E-state index contributed by atoms with van der Waals surface area (Å²) in [4.78, 5) is 6.44. The zero-order valence-electron chi connectivity index (χ0n) is 15.5. The summed E-state index contributed by atoms with van der Waals surface area (Å²) in [6.45, 7) is 1.56. The number of hydrogen-bond donors (Lipinski definition) is 1. The maximum atomic E-state index is 6.06. The second kappa shape index (κ2) is 10.5. The lowest BCUT2D eigenvalue weighted by Crippen LogP contribution is -2.39. The van der Waals surface area contributed by atoms with Crippen LogP contribution in [0.1, 0.15) is 17.8 Å². The van der Waals surface area contributed by atoms with Gasteiger partial charge in [-0.3, -0.25) is 9.39 Å². The smallest absolute Gasteiger partial charge is 0.193 e. The van der Waals surface area contributed by atoms with Gasteiger partial charge in [-0.25, -0.2) is 0 Å². The fourth-order valence-electron chi connectivity index (χ4n) is 2.88. The minimum absolute atomic E-state index is 0. The first-order valence-electron chi connectivity index (χ1n) is 8.62. The molecule has 0 atom stereocenters. The van der Waals surface area contributed by atoms with E-state index in [-0.39, 0.29) is 24.0 Å². The van der Waals surface area contributed by atoms with Crippen molar-refractivity contribution in [2.75, 3.05) is 20.6 Å². The molecule has 6 nitrogen and oxygen atoms in total. The second-order valence-corrected chi connectivity index (χ2v) is 6.55. The molecular formula is C19H24ClIN6. The van der Waals surface area contributed by atoms with Crippen molar-refractivity contribution in [1.82, 2.24) is 24.8 Å². The normalized spacial score (nSPS) is 11.3. The van der Waals surface area contributed by atoms with Crippen LogP contribution in [-0.2, 0) is 13.0 Å². The van der Waals surface area contributed by atoms with E-state index in [1.54, 1.807) is 7.05 Å². The van der Waals surface area contributed by atoms with Gasteiger partial charge in [-0.15, -0.1) is 34.2 Å². The molecule has 8 heteroatoms. The molecule has 0 unspecified atom stereocenters. The monoisotopic (exact) mass is 498 g/mol. The van der Waals surface area contributed by atoms with Crippen LogP contribution in [0.3, 0.4) is 0 Å². The van der Waals surface area contributed by atoms with Crippen molar-refractivity contribution in [1.29, 1.82) is 0 Å². The summed E-state index contributed by atoms with van der Waals surface area (Å²) >= 11 is 6.06. The Labute approximate surface area is 181 Å². The average Bonchev–Trinajstić information content (AvgIpc) is 3.05. The molecule has 0 spiro atoms. The van der Waals surface area contributed by atoms with Gasteiger partial charge in [0.2, 0.25) is 0 Å². The lowest BCUT2D eigenvalue weighted by atomic mass is 10.2. The van der Waals surface area contributed by atoms with E-state index in [2.05, 4.69) is 31.5 Å². The van der Waals surface area contributed by atoms with Gasteiger partial charge in [-0.2, -0.15) is 0 Å². The Balaban J connectivity index is 0.00000261. The Morgan fingerprint density at radius 1 is 1.22 bits per heavy atom. The molecule has 0 saturated carbocycles. The number of nitrogens with zero attached hydrogens (tertiary/aromatic N) is 5. The molecule has 0 saturated heterocycles. The predicted octanol–water partition coefficient (Wildman–Crippen LogP) is 3.64. The van der Waals surface area contributed by atoms with Crippen molar-refractivity contribution in [2.24, 2.45) is 4.99 Å². The standard InChI is InChI=1S/C19H23ClN6.HI/c1-21-19(25(2)14-15-7-5-8-16(20)13-15)22-11-6-10-18-24-23-17-9-3-4-12-26(17)18;/h3-5,7-9,12-13H,6,10-11,14H2,1-2H3,(H,21,22);1H. The molecule has 0 fully saturated rings. The quantitative estimate of drug-likeness (QED) is 0.244. The summed E-state index contributed by atoms with van der Waals surface area (Å²) in [7, 11) is 3.81. The second-order valence-electron chi connectivity index (χ2n) is 6.11. The van der Waals surface area contributed by atoms with E-state index in [4.69, 9.17) is 11.6 Å². The van der Waals surface area contributed by atoms with Gasteiger partial charge in [0, 0.05) is 44.8 Å². The minimum Gasteiger partial charge on any atom is -0.356 e. The zero-order chi connectivity index (χ0) is 18.4. The Kier molecular flexibility index (Phi) is 8.30. The molecule has 3 rings (SSSR count). The number of fused-ring (bicyclic) bond motifs is 1. The Bertz CT molecular complexity index is 895. The number of hydrogen-bond acceptors (Lipinski definition) is 3. The molecular weight excluding hydrogens is 475 g/mol. The molecule has 0 aliphatic heterocycles. The van der Waals surface area contributed by atoms with Crippen LogP contribution in [0.25, 0.3) is 5.65 Å². The van der Waals surface area contributed by atoms with E-state index in [1.165, 1.54) is 0 Å². The van der Waals surface area contributed by atoms with Crippen LogP contribution >= 0.6 is 35.6 Å². The van der Waals surface area contributed by atoms with E-state index in [0.717, 1.165) is 53.9 Å². The Morgan fingerprint density at radius 3 is 2.85 bits per heavy atom. The SMILES string of the molecule is CN=C(NCCCc1nnc2ccccn12)N(C)Cc1cccc(Cl)c1.I. The van der Waals surface area contributed by atoms with Crippen molar-refractivity contribution in [3.8, 4) is 0 Å². The summed E-state index contributed by atoms with van der Waals surface area (Å²) in [6, 6.07) is 13.8. The lowest BCUT2D eigenvalue weighted by molar-refractivity contribution is 0.475. The number of halogens is 2. The lowest BCUT2D eigenvalue weighted by Gasteiger charge is -2.22. The molecule has 27 heavy (non-hydrogen) atoms. The molecule has 0 aliphatic rings. The van der Waals surface area contributed by atoms with E-state index in [9.17, 15) is 0 Å². The van der Waals surface area contributed by atoms with Crippen LogP contribution < -0.4 is 5.32 Å². The van der Waals surface area contributed by atoms with Gasteiger partial charge in [-0.05, 0) is 36.2 Å². The van der Waals surface area contributed by atoms with E-state index < -0.39 is 0 Å². The van der Waals surface area contributed by atoms with Crippen LogP contribution in [0.5, 0.6) is 0 Å². The van der Waals surface area contributed by atoms with Crippen molar-refractivity contribution in [3.63, 3.8) is 0 Å². The third-order valence-electron chi connectivity index (χ3n) is 4.13. The van der Waals surface area contributed by atoms with Crippen LogP contribution in [0.15, 0.2) is 53.7 Å². The average molecular weight is 499 g/mol. The summed E-state index contributed by atoms with van der Waals surface area (Å²) in [5.74, 6) is 1.83. The van der Waals surface area contributed by atoms with Crippen molar-refractivity contribution in [2.45, 2.75) is 19.4 Å². The third-order valence-corrected chi connectivity index (χ3v) is 4.36. The molecule has 0 aliphatic carbocycles. The summed E-state index contributed by atoms with van der Waals surface area (Å²) in [6.07, 6.45) is 3.79. The summed E-state index contributed by atoms with van der Waals surface area (Å²) in [5.41, 5.74) is 2.03. The molecule has 1 aromatic carbocycles. The van der Waals surface area contributed by atoms with Gasteiger partial charge in [0.1, 0.15) is 5.82 Å². The van der Waals surface area contributed by atoms with Gasteiger partial charge in [0.05, 0.1) is 0 Å². The number of aliphatic imine (C=N–C) groups is 1. The number of aromatic nitrogens is 3. The fourth-order valence-corrected chi connectivity index (χ4v) is 3.09. The molecule has 2 aromatic heterocycles. The molecule has 3 aromatic rings. The highest BCUT2D eigenvalue weighted by molar-refractivity contribution is 14.0. The Morgan fingerprint density at radius 2 is 2.07 bits per heavy atom. The zero-order valence-corrected chi connectivity index (χ0v) is 18.6. The highest BCUT2D eigenvalue weighted by Gasteiger charge is 2.08. The molecule has 2 heterocycles. The van der Waals surface area contributed by atoms with Crippen molar-refractivity contribution < 1.29 is 0 Å². The predicted molar refractivity (Wildman–Crippen MR) is 121 cm³/mol. The first-order chi connectivity index (χ1) is 12.7. The summed E-state index contributed by atoms with van der Waals surface area (Å²) in [5, 5.41) is 12.6. The number of aryl methyl sites for hydroxylation is 1. The highest BCUT2D eigenvalue weighted by atomic mass is 127. The van der Waals surface area contributed by atoms with E-state index >= 15 is 0 Å². The van der Waals surface area contributed by atoms with Crippen LogP contribution in [0, 0.1) is 0 Å². The van der Waals surface area contributed by atoms with Crippen LogP contribution in [-0.4, -0.2) is 46.1 Å². The van der Waals surface area contributed by atoms with Crippen molar-refractivity contribution in [3.05, 3.63) is 65.1 Å². The number of benzene rings is 1. The number of rotatable bonds is 6. The first-order valence-corrected chi connectivity index (χ1v) is 9.00. The van der Waals surface area contributed by atoms with Crippen LogP contribution in [0.4, 0.5) is 0 Å². The van der Waals surface area contributed by atoms with Gasteiger partial charge < -0.3 is 10.2 Å². The van der Waals surface area contributed by atoms with Crippen molar-refractivity contribution >= 4 is 47.2 Å². The molecule has 1 N–H and O–H groups in total. The largest absolute Gasteiger partial charge is 0.356 e. The maximum Gasteiger partial charge on any atom is 0.193 e. The van der Waals surface area contributed by atoms with E-state index in [0.29, 0.717) is 0 Å². The molecule has 0 bridgehead atoms. The van der Waals surface area contributed by atoms with Crippen LogP contribution in [0.2, 0.25) is 5.02 Å². The highest BCUT2D eigenvalue weighted by Crippen LogP contribution is 2.12. The maximum absolute atomic E-state index is 6.06. The van der Waals surface area contributed by atoms with Gasteiger partial charge in [-0.1, -0.05) is 29.8 Å². The minimum atomic E-state index is 0. The number of guanidine groups is 1. The fraction of sp³-hybridized carbons (Fsp3) is 0.316. The molecule has 144 valence electrons. The van der Waals surface area contributed by atoms with Gasteiger partial charge in [0.15, 0.2) is 11.6 Å². The summed E-state index contributed by atoms with van der Waals surface area (Å²) < 4.78 is 2.03. The molecule has 0 amide bonds. The topological polar surface area (TPSA) is 57.8 Å². The first kappa shape index (κ1) is 21.4. The molecule has 0 radical (unpaired) electrons. The number of nitrogens with one attached hydrogen (secondary N) is 1.